The lowest BCUT2D eigenvalue weighted by atomic mass is 9.95. The normalized spacial score (nSPS) is 15.7. The van der Waals surface area contributed by atoms with Gasteiger partial charge in [-0.2, -0.15) is 0 Å². The van der Waals surface area contributed by atoms with Gasteiger partial charge in [0.15, 0.2) is 11.5 Å². The molecule has 10 heteroatoms. The average molecular weight is 620 g/mol. The Kier molecular flexibility index (Phi) is 10.1. The highest BCUT2D eigenvalue weighted by molar-refractivity contribution is 7.92. The fourth-order valence-corrected chi connectivity index (χ4v) is 7.30. The Hall–Kier alpha value is -4.05. The Morgan fingerprint density at radius 2 is 1.59 bits per heavy atom. The van der Waals surface area contributed by atoms with Crippen LogP contribution in [0.5, 0.6) is 11.5 Å². The van der Waals surface area contributed by atoms with Crippen LogP contribution < -0.4 is 19.1 Å². The molecule has 0 radical (unpaired) electrons. The van der Waals surface area contributed by atoms with Crippen LogP contribution >= 0.6 is 0 Å². The predicted molar refractivity (Wildman–Crippen MR) is 169 cm³/mol. The molecular formula is C34H41N3O6S. The summed E-state index contributed by atoms with van der Waals surface area (Å²) in [5, 5.41) is 3.19. The van der Waals surface area contributed by atoms with Gasteiger partial charge in [0.2, 0.25) is 11.8 Å². The fourth-order valence-electron chi connectivity index (χ4n) is 5.87. The fraction of sp³-hybridized carbons (Fsp3) is 0.412. The molecule has 3 aromatic rings. The highest BCUT2D eigenvalue weighted by atomic mass is 32.2. The number of rotatable bonds is 11. The Bertz CT molecular complexity index is 1560. The van der Waals surface area contributed by atoms with Crippen molar-refractivity contribution in [2.45, 2.75) is 75.9 Å². The zero-order valence-corrected chi connectivity index (χ0v) is 26.2. The molecule has 1 heterocycles. The third-order valence-electron chi connectivity index (χ3n) is 8.36. The lowest BCUT2D eigenvalue weighted by Crippen LogP contribution is -2.54. The standard InChI is InChI=1S/C34H41N3O6S/c1-3-30(34(39)35-27-14-6-4-7-15-27)36(23-26-13-11-10-12-25(26)2)33(38)24-37(44(40,41)29-16-8-5-9-17-29)28-18-19-31-32(22-28)43-21-20-42-31/h5,8-13,16-19,22,27,30H,3-4,6-7,14-15,20-21,23-24H2,1-2H3,(H,35,39)/t30-/m0/s1. The number of sulfonamides is 1. The van der Waals surface area contributed by atoms with E-state index in [1.807, 2.05) is 38.1 Å². The first-order valence-electron chi connectivity index (χ1n) is 15.4. The molecule has 1 fully saturated rings. The van der Waals surface area contributed by atoms with Gasteiger partial charge < -0.3 is 19.7 Å². The summed E-state index contributed by atoms with van der Waals surface area (Å²) in [6, 6.07) is 19.9. The first-order chi connectivity index (χ1) is 21.3. The van der Waals surface area contributed by atoms with Crippen molar-refractivity contribution in [3.63, 3.8) is 0 Å². The molecule has 5 rings (SSSR count). The maximum absolute atomic E-state index is 14.4. The maximum Gasteiger partial charge on any atom is 0.264 e. The maximum atomic E-state index is 14.4. The van der Waals surface area contributed by atoms with Crippen LogP contribution in [0.25, 0.3) is 0 Å². The molecule has 0 aromatic heterocycles. The Balaban J connectivity index is 1.51. The number of ether oxygens (including phenoxy) is 2. The summed E-state index contributed by atoms with van der Waals surface area (Å²) >= 11 is 0. The second kappa shape index (κ2) is 14.2. The van der Waals surface area contributed by atoms with Crippen molar-refractivity contribution >= 4 is 27.5 Å². The molecule has 1 saturated carbocycles. The lowest BCUT2D eigenvalue weighted by Gasteiger charge is -2.35. The topological polar surface area (TPSA) is 105 Å². The van der Waals surface area contributed by atoms with Crippen molar-refractivity contribution < 1.29 is 27.5 Å². The molecule has 3 aromatic carbocycles. The Morgan fingerprint density at radius 1 is 0.909 bits per heavy atom. The summed E-state index contributed by atoms with van der Waals surface area (Å²) < 4.78 is 40.7. The SMILES string of the molecule is CC[C@@H](C(=O)NC1CCCCC1)N(Cc1ccccc1C)C(=O)CN(c1ccc2c(c1)OCCO2)S(=O)(=O)c1ccccc1. The van der Waals surface area contributed by atoms with Gasteiger partial charge in [0.1, 0.15) is 25.8 Å². The smallest absolute Gasteiger partial charge is 0.264 e. The number of benzene rings is 3. The summed E-state index contributed by atoms with van der Waals surface area (Å²) in [5.74, 6) is 0.228. The number of carbonyl (C=O) groups is 2. The van der Waals surface area contributed by atoms with Gasteiger partial charge in [0.25, 0.3) is 10.0 Å². The summed E-state index contributed by atoms with van der Waals surface area (Å²) in [7, 11) is -4.18. The number of fused-ring (bicyclic) bond motifs is 1. The highest BCUT2D eigenvalue weighted by Crippen LogP contribution is 2.36. The third-order valence-corrected chi connectivity index (χ3v) is 10.2. The van der Waals surface area contributed by atoms with Crippen molar-refractivity contribution in [2.24, 2.45) is 0 Å². The predicted octanol–water partition coefficient (Wildman–Crippen LogP) is 5.22. The van der Waals surface area contributed by atoms with Crippen LogP contribution in [0, 0.1) is 6.92 Å². The van der Waals surface area contributed by atoms with Crippen molar-refractivity contribution in [2.75, 3.05) is 24.1 Å². The monoisotopic (exact) mass is 619 g/mol. The molecule has 0 unspecified atom stereocenters. The zero-order chi connectivity index (χ0) is 31.1. The van der Waals surface area contributed by atoms with E-state index in [2.05, 4.69) is 5.32 Å². The van der Waals surface area contributed by atoms with Crippen molar-refractivity contribution in [1.82, 2.24) is 10.2 Å². The van der Waals surface area contributed by atoms with Gasteiger partial charge in [-0.3, -0.25) is 13.9 Å². The number of aryl methyl sites for hydroxylation is 1. The molecule has 0 spiro atoms. The number of nitrogens with one attached hydrogen (secondary N) is 1. The molecule has 9 nitrogen and oxygen atoms in total. The van der Waals surface area contributed by atoms with Gasteiger partial charge in [-0.15, -0.1) is 0 Å². The van der Waals surface area contributed by atoms with Gasteiger partial charge >= 0.3 is 0 Å². The van der Waals surface area contributed by atoms with E-state index in [0.717, 1.165) is 47.5 Å². The Morgan fingerprint density at radius 3 is 2.30 bits per heavy atom. The number of amides is 2. The number of anilines is 1. The van der Waals surface area contributed by atoms with E-state index < -0.39 is 28.5 Å². The molecule has 0 saturated heterocycles. The first kappa shape index (κ1) is 31.4. The quantitative estimate of drug-likeness (QED) is 0.316. The lowest BCUT2D eigenvalue weighted by molar-refractivity contribution is -0.140. The minimum Gasteiger partial charge on any atom is -0.486 e. The van der Waals surface area contributed by atoms with Gasteiger partial charge in [-0.1, -0.05) is 68.7 Å². The van der Waals surface area contributed by atoms with Crippen LogP contribution in [-0.2, 0) is 26.2 Å². The van der Waals surface area contributed by atoms with Gasteiger partial charge in [0.05, 0.1) is 10.6 Å². The van der Waals surface area contributed by atoms with Crippen LogP contribution in [0.15, 0.2) is 77.7 Å². The molecular weight excluding hydrogens is 578 g/mol. The van der Waals surface area contributed by atoms with E-state index in [1.54, 1.807) is 36.4 Å². The van der Waals surface area contributed by atoms with Crippen LogP contribution in [-0.4, -0.2) is 57.0 Å². The van der Waals surface area contributed by atoms with Crippen molar-refractivity contribution in [3.05, 3.63) is 83.9 Å². The van der Waals surface area contributed by atoms with Crippen LogP contribution in [0.4, 0.5) is 5.69 Å². The van der Waals surface area contributed by atoms with E-state index in [1.165, 1.54) is 17.0 Å². The first-order valence-corrected chi connectivity index (χ1v) is 16.8. The molecule has 234 valence electrons. The van der Waals surface area contributed by atoms with E-state index >= 15 is 0 Å². The second-order valence-electron chi connectivity index (χ2n) is 11.4. The van der Waals surface area contributed by atoms with Crippen molar-refractivity contribution in [3.8, 4) is 11.5 Å². The van der Waals surface area contributed by atoms with Crippen LogP contribution in [0.1, 0.15) is 56.6 Å². The number of hydrogen-bond acceptors (Lipinski definition) is 6. The van der Waals surface area contributed by atoms with E-state index in [4.69, 9.17) is 9.47 Å². The number of nitrogens with zero attached hydrogens (tertiary/aromatic N) is 2. The van der Waals surface area contributed by atoms with Gasteiger partial charge in [-0.25, -0.2) is 8.42 Å². The molecule has 1 aliphatic carbocycles. The molecule has 1 N–H and O–H groups in total. The van der Waals surface area contributed by atoms with Gasteiger partial charge in [0, 0.05) is 18.7 Å². The molecule has 2 aliphatic rings. The zero-order valence-electron chi connectivity index (χ0n) is 25.4. The second-order valence-corrected chi connectivity index (χ2v) is 13.2. The van der Waals surface area contributed by atoms with Gasteiger partial charge in [-0.05, 0) is 61.6 Å². The summed E-state index contributed by atoms with van der Waals surface area (Å²) in [6.07, 6.45) is 5.51. The Labute approximate surface area is 260 Å². The number of hydrogen-bond donors (Lipinski definition) is 1. The molecule has 2 amide bonds. The molecule has 1 aliphatic heterocycles. The van der Waals surface area contributed by atoms with Crippen molar-refractivity contribution in [1.29, 1.82) is 0 Å². The van der Waals surface area contributed by atoms with Crippen LogP contribution in [0.2, 0.25) is 0 Å². The highest BCUT2D eigenvalue weighted by Gasteiger charge is 2.35. The summed E-state index contributed by atoms with van der Waals surface area (Å²) in [4.78, 5) is 29.7. The molecule has 0 bridgehead atoms. The minimum absolute atomic E-state index is 0.0511. The van der Waals surface area contributed by atoms with E-state index in [9.17, 15) is 18.0 Å². The minimum atomic E-state index is -4.18. The van der Waals surface area contributed by atoms with Crippen LogP contribution in [0.3, 0.4) is 0 Å². The summed E-state index contributed by atoms with van der Waals surface area (Å²) in [6.45, 7) is 4.23. The molecule has 1 atom stereocenters. The largest absolute Gasteiger partial charge is 0.486 e. The summed E-state index contributed by atoms with van der Waals surface area (Å²) in [5.41, 5.74) is 2.14. The molecule has 44 heavy (non-hydrogen) atoms. The average Bonchev–Trinajstić information content (AvgIpc) is 3.05. The van der Waals surface area contributed by atoms with E-state index in [0.29, 0.717) is 31.1 Å². The number of carbonyl (C=O) groups excluding carboxylic acids is 2. The van der Waals surface area contributed by atoms with E-state index in [-0.39, 0.29) is 29.1 Å². The third kappa shape index (κ3) is 7.18.